The molecular formula is C13H20N4O2. The van der Waals surface area contributed by atoms with Crippen LogP contribution in [0.4, 0.5) is 11.6 Å². The highest BCUT2D eigenvalue weighted by Crippen LogP contribution is 2.27. The van der Waals surface area contributed by atoms with Crippen molar-refractivity contribution in [3.8, 4) is 0 Å². The minimum absolute atomic E-state index is 0.0735. The Morgan fingerprint density at radius 2 is 2.05 bits per heavy atom. The molecule has 0 atom stereocenters. The van der Waals surface area contributed by atoms with Gasteiger partial charge in [0.05, 0.1) is 0 Å². The molecule has 6 nitrogen and oxygen atoms in total. The maximum absolute atomic E-state index is 10.8. The Labute approximate surface area is 113 Å². The number of likely N-dealkylation sites (N-methyl/N-ethyl adjacent to an activating group) is 1. The Hall–Kier alpha value is -1.85. The number of rotatable bonds is 4. The second-order valence-corrected chi connectivity index (χ2v) is 5.12. The number of nitrogens with zero attached hydrogens (tertiary/aromatic N) is 4. The van der Waals surface area contributed by atoms with Crippen LogP contribution in [0.2, 0.25) is 0 Å². The van der Waals surface area contributed by atoms with E-state index in [0.29, 0.717) is 5.82 Å². The van der Waals surface area contributed by atoms with Crippen LogP contribution in [-0.2, 0) is 4.79 Å². The molecule has 0 spiro atoms. The predicted molar refractivity (Wildman–Crippen MR) is 73.5 cm³/mol. The largest absolute Gasteiger partial charge is 0.480 e. The smallest absolute Gasteiger partial charge is 0.323 e. The number of aromatic nitrogens is 2. The predicted octanol–water partition coefficient (Wildman–Crippen LogP) is 1.23. The standard InChI is InChI=1S/C13H20N4O2/c1-10-3-7-17(8-4-10)13-12(14-5-6-15-13)16(2)9-11(18)19/h5-6,10H,3-4,7-9H2,1-2H3,(H,18,19). The Morgan fingerprint density at radius 1 is 1.42 bits per heavy atom. The molecule has 104 valence electrons. The Morgan fingerprint density at radius 3 is 2.68 bits per heavy atom. The number of aliphatic carboxylic acids is 1. The lowest BCUT2D eigenvalue weighted by atomic mass is 9.99. The molecule has 6 heteroatoms. The molecule has 0 aliphatic carbocycles. The highest BCUT2D eigenvalue weighted by atomic mass is 16.4. The average molecular weight is 264 g/mol. The van der Waals surface area contributed by atoms with Gasteiger partial charge < -0.3 is 14.9 Å². The summed E-state index contributed by atoms with van der Waals surface area (Å²) < 4.78 is 0. The van der Waals surface area contributed by atoms with Gasteiger partial charge in [-0.2, -0.15) is 0 Å². The van der Waals surface area contributed by atoms with E-state index in [4.69, 9.17) is 5.11 Å². The summed E-state index contributed by atoms with van der Waals surface area (Å²) in [5, 5.41) is 8.88. The number of anilines is 2. The van der Waals surface area contributed by atoms with Gasteiger partial charge in [0, 0.05) is 32.5 Å². The fraction of sp³-hybridized carbons (Fsp3) is 0.615. The number of hydrogen-bond acceptors (Lipinski definition) is 5. The maximum atomic E-state index is 10.8. The number of carboxylic acid groups (broad SMARTS) is 1. The topological polar surface area (TPSA) is 69.6 Å². The molecule has 1 fully saturated rings. The average Bonchev–Trinajstić information content (AvgIpc) is 2.39. The number of carbonyl (C=O) groups is 1. The molecule has 1 saturated heterocycles. The first-order chi connectivity index (χ1) is 9.08. The van der Waals surface area contributed by atoms with Gasteiger partial charge in [0.1, 0.15) is 6.54 Å². The van der Waals surface area contributed by atoms with E-state index in [-0.39, 0.29) is 6.54 Å². The van der Waals surface area contributed by atoms with E-state index in [1.165, 1.54) is 0 Å². The van der Waals surface area contributed by atoms with Crippen LogP contribution in [-0.4, -0.2) is 47.7 Å². The summed E-state index contributed by atoms with van der Waals surface area (Å²) in [6.45, 7) is 4.09. The van der Waals surface area contributed by atoms with Gasteiger partial charge in [0.15, 0.2) is 11.6 Å². The second-order valence-electron chi connectivity index (χ2n) is 5.12. The van der Waals surface area contributed by atoms with Crippen molar-refractivity contribution in [2.75, 3.05) is 36.5 Å². The monoisotopic (exact) mass is 264 g/mol. The molecule has 0 bridgehead atoms. The molecule has 19 heavy (non-hydrogen) atoms. The van der Waals surface area contributed by atoms with Crippen LogP contribution in [0.1, 0.15) is 19.8 Å². The van der Waals surface area contributed by atoms with Gasteiger partial charge in [0.25, 0.3) is 0 Å². The number of hydrogen-bond donors (Lipinski definition) is 1. The molecule has 1 aliphatic heterocycles. The van der Waals surface area contributed by atoms with Crippen LogP contribution in [0.5, 0.6) is 0 Å². The van der Waals surface area contributed by atoms with Crippen LogP contribution < -0.4 is 9.80 Å². The van der Waals surface area contributed by atoms with Crippen molar-refractivity contribution in [3.63, 3.8) is 0 Å². The van der Waals surface area contributed by atoms with E-state index in [0.717, 1.165) is 37.7 Å². The summed E-state index contributed by atoms with van der Waals surface area (Å²) in [5.74, 6) is 1.30. The van der Waals surface area contributed by atoms with Crippen LogP contribution in [0.15, 0.2) is 12.4 Å². The van der Waals surface area contributed by atoms with Crippen LogP contribution in [0.3, 0.4) is 0 Å². The van der Waals surface area contributed by atoms with Crippen LogP contribution >= 0.6 is 0 Å². The molecule has 1 aliphatic rings. The van der Waals surface area contributed by atoms with E-state index < -0.39 is 5.97 Å². The summed E-state index contributed by atoms with van der Waals surface area (Å²) >= 11 is 0. The van der Waals surface area contributed by atoms with E-state index in [1.807, 2.05) is 0 Å². The minimum atomic E-state index is -0.869. The second kappa shape index (κ2) is 5.86. The van der Waals surface area contributed by atoms with Crippen LogP contribution in [0.25, 0.3) is 0 Å². The molecule has 2 heterocycles. The molecule has 0 unspecified atom stereocenters. The van der Waals surface area contributed by atoms with Crippen molar-refractivity contribution < 1.29 is 9.90 Å². The zero-order valence-electron chi connectivity index (χ0n) is 11.4. The molecule has 1 aromatic rings. The Kier molecular flexibility index (Phi) is 4.19. The van der Waals surface area contributed by atoms with Crippen molar-refractivity contribution in [2.24, 2.45) is 5.92 Å². The molecule has 0 amide bonds. The first-order valence-corrected chi connectivity index (χ1v) is 6.57. The highest BCUT2D eigenvalue weighted by molar-refractivity contribution is 5.75. The summed E-state index contributed by atoms with van der Waals surface area (Å²) in [7, 11) is 1.73. The van der Waals surface area contributed by atoms with E-state index in [9.17, 15) is 4.79 Å². The minimum Gasteiger partial charge on any atom is -0.480 e. The van der Waals surface area contributed by atoms with E-state index >= 15 is 0 Å². The van der Waals surface area contributed by atoms with Gasteiger partial charge in [-0.15, -0.1) is 0 Å². The van der Waals surface area contributed by atoms with Crippen LogP contribution in [0, 0.1) is 5.92 Å². The third-order valence-corrected chi connectivity index (χ3v) is 3.48. The summed E-state index contributed by atoms with van der Waals surface area (Å²) in [6, 6.07) is 0. The molecule has 1 aromatic heterocycles. The zero-order chi connectivity index (χ0) is 13.8. The molecule has 1 N–H and O–H groups in total. The lowest BCUT2D eigenvalue weighted by molar-refractivity contribution is -0.135. The highest BCUT2D eigenvalue weighted by Gasteiger charge is 2.22. The number of carboxylic acids is 1. The number of piperidine rings is 1. The maximum Gasteiger partial charge on any atom is 0.323 e. The van der Waals surface area contributed by atoms with Gasteiger partial charge in [-0.25, -0.2) is 9.97 Å². The Balaban J connectivity index is 2.18. The van der Waals surface area contributed by atoms with Gasteiger partial charge in [0.2, 0.25) is 0 Å². The van der Waals surface area contributed by atoms with Gasteiger partial charge in [-0.05, 0) is 18.8 Å². The van der Waals surface area contributed by atoms with Crippen molar-refractivity contribution in [2.45, 2.75) is 19.8 Å². The summed E-state index contributed by atoms with van der Waals surface area (Å²) in [5.41, 5.74) is 0. The zero-order valence-corrected chi connectivity index (χ0v) is 11.4. The fourth-order valence-electron chi connectivity index (χ4n) is 2.31. The third kappa shape index (κ3) is 3.33. The molecular weight excluding hydrogens is 244 g/mol. The third-order valence-electron chi connectivity index (χ3n) is 3.48. The van der Waals surface area contributed by atoms with Gasteiger partial charge in [-0.3, -0.25) is 4.79 Å². The normalized spacial score (nSPS) is 16.4. The van der Waals surface area contributed by atoms with Gasteiger partial charge >= 0.3 is 5.97 Å². The molecule has 0 radical (unpaired) electrons. The quantitative estimate of drug-likeness (QED) is 0.882. The first-order valence-electron chi connectivity index (χ1n) is 6.57. The molecule has 0 saturated carbocycles. The lowest BCUT2D eigenvalue weighted by Gasteiger charge is -2.33. The molecule has 0 aromatic carbocycles. The van der Waals surface area contributed by atoms with Crippen molar-refractivity contribution in [1.82, 2.24) is 9.97 Å². The summed E-state index contributed by atoms with van der Waals surface area (Å²) in [4.78, 5) is 23.3. The Bertz CT molecular complexity index is 444. The lowest BCUT2D eigenvalue weighted by Crippen LogP contribution is -2.36. The summed E-state index contributed by atoms with van der Waals surface area (Å²) in [6.07, 6.45) is 5.53. The van der Waals surface area contributed by atoms with Crippen molar-refractivity contribution in [3.05, 3.63) is 12.4 Å². The van der Waals surface area contributed by atoms with Crippen molar-refractivity contribution in [1.29, 1.82) is 0 Å². The first kappa shape index (κ1) is 13.6. The fourth-order valence-corrected chi connectivity index (χ4v) is 2.31. The van der Waals surface area contributed by atoms with E-state index in [2.05, 4.69) is 21.8 Å². The SMILES string of the molecule is CC1CCN(c2nccnc2N(C)CC(=O)O)CC1. The van der Waals surface area contributed by atoms with E-state index in [1.54, 1.807) is 24.3 Å². The molecule has 2 rings (SSSR count). The van der Waals surface area contributed by atoms with Gasteiger partial charge in [-0.1, -0.05) is 6.92 Å². The van der Waals surface area contributed by atoms with Crippen molar-refractivity contribution >= 4 is 17.6 Å².